The lowest BCUT2D eigenvalue weighted by atomic mass is 9.93. The van der Waals surface area contributed by atoms with Crippen LogP contribution >= 0.6 is 11.6 Å². The highest BCUT2D eigenvalue weighted by Gasteiger charge is 2.21. The number of aldehydes is 1. The van der Waals surface area contributed by atoms with Crippen LogP contribution in [0.2, 0.25) is 5.02 Å². The van der Waals surface area contributed by atoms with E-state index in [1.807, 2.05) is 0 Å². The molecule has 0 saturated heterocycles. The Morgan fingerprint density at radius 2 is 2.00 bits per heavy atom. The van der Waals surface area contributed by atoms with Gasteiger partial charge in [-0.3, -0.25) is 0 Å². The van der Waals surface area contributed by atoms with E-state index in [0.29, 0.717) is 16.9 Å². The molecule has 0 bridgehead atoms. The number of hydrogen-bond donors (Lipinski definition) is 1. The van der Waals surface area contributed by atoms with Crippen LogP contribution in [0.4, 0.5) is 0 Å². The third kappa shape index (κ3) is 2.54. The van der Waals surface area contributed by atoms with Crippen molar-refractivity contribution in [2.24, 2.45) is 0 Å². The van der Waals surface area contributed by atoms with Gasteiger partial charge in [0.2, 0.25) is 0 Å². The second-order valence-corrected chi connectivity index (χ2v) is 3.59. The number of halogens is 1. The van der Waals surface area contributed by atoms with Crippen molar-refractivity contribution in [3.8, 4) is 0 Å². The van der Waals surface area contributed by atoms with Crippen LogP contribution in [0.15, 0.2) is 24.3 Å². The zero-order valence-electron chi connectivity index (χ0n) is 7.33. The van der Waals surface area contributed by atoms with Crippen LogP contribution < -0.4 is 0 Å². The fraction of sp³-hybridized carbons (Fsp3) is 0.300. The average molecular weight is 199 g/mol. The Labute approximate surface area is 82.2 Å². The standard InChI is InChI=1S/C10H11ClO2/c1-10(13,6-7-12)8-2-4-9(11)5-3-8/h2-5,7,13H,6H2,1H3. The quantitative estimate of drug-likeness (QED) is 0.756. The van der Waals surface area contributed by atoms with E-state index in [0.717, 1.165) is 0 Å². The minimum Gasteiger partial charge on any atom is -0.385 e. The van der Waals surface area contributed by atoms with E-state index < -0.39 is 5.60 Å². The molecule has 0 aliphatic carbocycles. The van der Waals surface area contributed by atoms with Crippen molar-refractivity contribution in [3.05, 3.63) is 34.9 Å². The summed E-state index contributed by atoms with van der Waals surface area (Å²) in [6, 6.07) is 6.81. The predicted molar refractivity (Wildman–Crippen MR) is 51.7 cm³/mol. The SMILES string of the molecule is CC(O)(CC=O)c1ccc(Cl)cc1. The number of hydrogen-bond acceptors (Lipinski definition) is 2. The molecule has 1 aromatic rings. The van der Waals surface area contributed by atoms with E-state index in [1.54, 1.807) is 31.2 Å². The summed E-state index contributed by atoms with van der Waals surface area (Å²) in [5, 5.41) is 10.4. The maximum absolute atomic E-state index is 10.3. The van der Waals surface area contributed by atoms with E-state index in [9.17, 15) is 9.90 Å². The molecule has 1 atom stereocenters. The molecule has 0 aliphatic heterocycles. The second kappa shape index (κ2) is 3.90. The van der Waals surface area contributed by atoms with Crippen LogP contribution in [-0.4, -0.2) is 11.4 Å². The van der Waals surface area contributed by atoms with Gasteiger partial charge in [0.1, 0.15) is 6.29 Å². The van der Waals surface area contributed by atoms with Crippen LogP contribution in [0.1, 0.15) is 18.9 Å². The first-order valence-corrected chi connectivity index (χ1v) is 4.36. The van der Waals surface area contributed by atoms with Crippen molar-refractivity contribution in [1.82, 2.24) is 0 Å². The Balaban J connectivity index is 2.93. The van der Waals surface area contributed by atoms with Gasteiger partial charge in [-0.1, -0.05) is 23.7 Å². The highest BCUT2D eigenvalue weighted by Crippen LogP contribution is 2.24. The minimum atomic E-state index is -1.09. The van der Waals surface area contributed by atoms with Gasteiger partial charge < -0.3 is 9.90 Å². The molecule has 0 radical (unpaired) electrons. The topological polar surface area (TPSA) is 37.3 Å². The molecule has 0 heterocycles. The molecule has 1 aromatic carbocycles. The van der Waals surface area contributed by atoms with E-state index in [-0.39, 0.29) is 6.42 Å². The van der Waals surface area contributed by atoms with Gasteiger partial charge in [-0.15, -0.1) is 0 Å². The third-order valence-electron chi connectivity index (χ3n) is 1.95. The zero-order valence-corrected chi connectivity index (χ0v) is 8.08. The van der Waals surface area contributed by atoms with E-state index in [2.05, 4.69) is 0 Å². The lowest BCUT2D eigenvalue weighted by Gasteiger charge is -2.20. The van der Waals surface area contributed by atoms with Crippen molar-refractivity contribution in [3.63, 3.8) is 0 Å². The van der Waals surface area contributed by atoms with Crippen molar-refractivity contribution < 1.29 is 9.90 Å². The normalized spacial score (nSPS) is 15.0. The number of aliphatic hydroxyl groups is 1. The molecule has 70 valence electrons. The predicted octanol–water partition coefficient (Wildman–Crippen LogP) is 2.14. The van der Waals surface area contributed by atoms with Crippen LogP contribution in [0.25, 0.3) is 0 Å². The number of benzene rings is 1. The van der Waals surface area contributed by atoms with Crippen LogP contribution in [0, 0.1) is 0 Å². The number of rotatable bonds is 3. The maximum Gasteiger partial charge on any atom is 0.123 e. The lowest BCUT2D eigenvalue weighted by Crippen LogP contribution is -2.21. The summed E-state index contributed by atoms with van der Waals surface area (Å²) in [7, 11) is 0. The first-order valence-electron chi connectivity index (χ1n) is 3.98. The zero-order chi connectivity index (χ0) is 9.90. The highest BCUT2D eigenvalue weighted by atomic mass is 35.5. The molecule has 0 saturated carbocycles. The third-order valence-corrected chi connectivity index (χ3v) is 2.20. The molecule has 1 rings (SSSR count). The summed E-state index contributed by atoms with van der Waals surface area (Å²) in [5.74, 6) is 0. The molecule has 2 nitrogen and oxygen atoms in total. The van der Waals surface area contributed by atoms with E-state index >= 15 is 0 Å². The van der Waals surface area contributed by atoms with Gasteiger partial charge in [0.15, 0.2) is 0 Å². The molecule has 0 aromatic heterocycles. The first kappa shape index (κ1) is 10.2. The lowest BCUT2D eigenvalue weighted by molar-refractivity contribution is -0.112. The van der Waals surface area contributed by atoms with Crippen LogP contribution in [-0.2, 0) is 10.4 Å². The van der Waals surface area contributed by atoms with Crippen molar-refractivity contribution in [2.45, 2.75) is 18.9 Å². The van der Waals surface area contributed by atoms with Gasteiger partial charge in [-0.05, 0) is 24.6 Å². The largest absolute Gasteiger partial charge is 0.385 e. The Hall–Kier alpha value is -0.860. The maximum atomic E-state index is 10.3. The fourth-order valence-electron chi connectivity index (χ4n) is 1.09. The molecule has 0 amide bonds. The average Bonchev–Trinajstić information content (AvgIpc) is 2.05. The molecule has 0 aliphatic rings. The summed E-state index contributed by atoms with van der Waals surface area (Å²) >= 11 is 5.69. The summed E-state index contributed by atoms with van der Waals surface area (Å²) < 4.78 is 0. The monoisotopic (exact) mass is 198 g/mol. The van der Waals surface area contributed by atoms with Crippen LogP contribution in [0.5, 0.6) is 0 Å². The number of carbonyl (C=O) groups excluding carboxylic acids is 1. The van der Waals surface area contributed by atoms with Gasteiger partial charge in [-0.2, -0.15) is 0 Å². The Morgan fingerprint density at radius 3 is 2.46 bits per heavy atom. The molecule has 0 spiro atoms. The van der Waals surface area contributed by atoms with Crippen molar-refractivity contribution in [1.29, 1.82) is 0 Å². The second-order valence-electron chi connectivity index (χ2n) is 3.15. The Morgan fingerprint density at radius 1 is 1.46 bits per heavy atom. The van der Waals surface area contributed by atoms with Gasteiger partial charge in [-0.25, -0.2) is 0 Å². The van der Waals surface area contributed by atoms with Gasteiger partial charge in [0, 0.05) is 11.4 Å². The molecule has 1 unspecified atom stereocenters. The number of carbonyl (C=O) groups is 1. The van der Waals surface area contributed by atoms with Gasteiger partial charge in [0.05, 0.1) is 5.60 Å². The van der Waals surface area contributed by atoms with E-state index in [1.165, 1.54) is 0 Å². The molecule has 1 N–H and O–H groups in total. The summed E-state index contributed by atoms with van der Waals surface area (Å²) in [4.78, 5) is 10.3. The fourth-order valence-corrected chi connectivity index (χ4v) is 1.22. The molecule has 13 heavy (non-hydrogen) atoms. The molecular formula is C10H11ClO2. The van der Waals surface area contributed by atoms with Gasteiger partial charge in [0.25, 0.3) is 0 Å². The molecule has 3 heteroatoms. The molecule has 0 fully saturated rings. The summed E-state index contributed by atoms with van der Waals surface area (Å²) in [6.07, 6.45) is 0.795. The first-order chi connectivity index (χ1) is 6.06. The van der Waals surface area contributed by atoms with Crippen LogP contribution in [0.3, 0.4) is 0 Å². The molecular weight excluding hydrogens is 188 g/mol. The Bertz CT molecular complexity index is 290. The van der Waals surface area contributed by atoms with Gasteiger partial charge >= 0.3 is 0 Å². The minimum absolute atomic E-state index is 0.0919. The van der Waals surface area contributed by atoms with Crippen molar-refractivity contribution in [2.75, 3.05) is 0 Å². The highest BCUT2D eigenvalue weighted by molar-refractivity contribution is 6.30. The Kier molecular flexibility index (Phi) is 3.07. The summed E-state index contributed by atoms with van der Waals surface area (Å²) in [6.45, 7) is 1.60. The summed E-state index contributed by atoms with van der Waals surface area (Å²) in [5.41, 5.74) is -0.393. The van der Waals surface area contributed by atoms with Crippen molar-refractivity contribution >= 4 is 17.9 Å². The smallest absolute Gasteiger partial charge is 0.123 e. The van der Waals surface area contributed by atoms with E-state index in [4.69, 9.17) is 11.6 Å².